The molecule has 128 valence electrons. The van der Waals surface area contributed by atoms with Gasteiger partial charge in [-0.3, -0.25) is 10.1 Å². The average Bonchev–Trinajstić information content (AvgIpc) is 2.51. The molecule has 0 radical (unpaired) electrons. The van der Waals surface area contributed by atoms with Crippen molar-refractivity contribution in [3.63, 3.8) is 0 Å². The van der Waals surface area contributed by atoms with Gasteiger partial charge in [0.05, 0.1) is 18.1 Å². The van der Waals surface area contributed by atoms with E-state index in [1.807, 2.05) is 0 Å². The summed E-state index contributed by atoms with van der Waals surface area (Å²) in [5, 5.41) is 13.6. The first-order valence-corrected chi connectivity index (χ1v) is 6.88. The number of nitrogens with one attached hydrogen (secondary N) is 1. The molecule has 3 N–H and O–H groups in total. The van der Waals surface area contributed by atoms with Crippen LogP contribution in [0.4, 0.5) is 30.5 Å². The van der Waals surface area contributed by atoms with Crippen LogP contribution in [0.2, 0.25) is 0 Å². The molecule has 0 amide bonds. The van der Waals surface area contributed by atoms with Crippen LogP contribution in [0.15, 0.2) is 6.07 Å². The Morgan fingerprint density at radius 1 is 1.43 bits per heavy atom. The molecule has 0 saturated carbocycles. The molecule has 2 heterocycles. The Morgan fingerprint density at radius 2 is 2.09 bits per heavy atom. The Kier molecular flexibility index (Phi) is 5.21. The fourth-order valence-electron chi connectivity index (χ4n) is 2.19. The highest BCUT2D eigenvalue weighted by atomic mass is 19.4. The Morgan fingerprint density at radius 3 is 2.61 bits per heavy atom. The summed E-state index contributed by atoms with van der Waals surface area (Å²) in [6.45, 7) is 1.59. The van der Waals surface area contributed by atoms with Crippen molar-refractivity contribution >= 4 is 17.3 Å². The van der Waals surface area contributed by atoms with Crippen LogP contribution in [-0.2, 0) is 10.9 Å². The number of aromatic nitrogens is 1. The molecule has 2 rings (SSSR count). The van der Waals surface area contributed by atoms with Crippen molar-refractivity contribution in [1.29, 1.82) is 0 Å². The van der Waals surface area contributed by atoms with Gasteiger partial charge >= 0.3 is 11.9 Å². The molecular weight excluding hydrogens is 319 g/mol. The van der Waals surface area contributed by atoms with Crippen LogP contribution < -0.4 is 16.0 Å². The molecular formula is C12H16F3N5O3. The van der Waals surface area contributed by atoms with Crippen molar-refractivity contribution in [2.45, 2.75) is 6.18 Å². The topological polar surface area (TPSA) is 107 Å². The summed E-state index contributed by atoms with van der Waals surface area (Å²) in [6.07, 6.45) is -4.87. The van der Waals surface area contributed by atoms with Gasteiger partial charge in [-0.25, -0.2) is 4.98 Å². The number of nitrogens with two attached hydrogens (primary N) is 1. The fourth-order valence-corrected chi connectivity index (χ4v) is 2.19. The summed E-state index contributed by atoms with van der Waals surface area (Å²) in [4.78, 5) is 15.6. The van der Waals surface area contributed by atoms with Crippen LogP contribution in [0.5, 0.6) is 0 Å². The van der Waals surface area contributed by atoms with Gasteiger partial charge in [0.25, 0.3) is 0 Å². The molecule has 11 heteroatoms. The van der Waals surface area contributed by atoms with Gasteiger partial charge < -0.3 is 20.7 Å². The molecule has 1 fully saturated rings. The van der Waals surface area contributed by atoms with E-state index < -0.39 is 28.2 Å². The zero-order valence-corrected chi connectivity index (χ0v) is 12.1. The van der Waals surface area contributed by atoms with E-state index in [4.69, 9.17) is 10.5 Å². The molecule has 23 heavy (non-hydrogen) atoms. The van der Waals surface area contributed by atoms with Gasteiger partial charge in [-0.2, -0.15) is 13.2 Å². The lowest BCUT2D eigenvalue weighted by Crippen LogP contribution is -2.37. The van der Waals surface area contributed by atoms with Crippen molar-refractivity contribution < 1.29 is 22.8 Å². The average molecular weight is 335 g/mol. The predicted octanol–water partition coefficient (Wildman–Crippen LogP) is 1.22. The smallest absolute Gasteiger partial charge is 0.378 e. The largest absolute Gasteiger partial charge is 0.423 e. The minimum absolute atomic E-state index is 0.0192. The number of hydrogen-bond donors (Lipinski definition) is 2. The van der Waals surface area contributed by atoms with Gasteiger partial charge in [-0.05, 0) is 0 Å². The highest BCUT2D eigenvalue weighted by molar-refractivity contribution is 5.66. The van der Waals surface area contributed by atoms with Crippen molar-refractivity contribution in [3.8, 4) is 0 Å². The minimum atomic E-state index is -4.87. The SMILES string of the molecule is NCCNc1nc(N2CCOCC2)cc(C(F)(F)F)c1[N+](=O)[O-]. The lowest BCUT2D eigenvalue weighted by atomic mass is 10.2. The normalized spacial score (nSPS) is 15.6. The standard InChI is InChI=1S/C12H16F3N5O3/c13-12(14,15)8-7-9(19-3-5-23-6-4-19)18-11(17-2-1-16)10(8)20(21)22/h7H,1-6,16H2,(H,17,18). The monoisotopic (exact) mass is 335 g/mol. The lowest BCUT2D eigenvalue weighted by Gasteiger charge is -2.28. The van der Waals surface area contributed by atoms with Gasteiger partial charge in [0, 0.05) is 32.2 Å². The molecule has 0 bridgehead atoms. The van der Waals surface area contributed by atoms with Gasteiger partial charge in [0.15, 0.2) is 0 Å². The third-order valence-electron chi connectivity index (χ3n) is 3.24. The van der Waals surface area contributed by atoms with Gasteiger partial charge in [0.2, 0.25) is 5.82 Å². The molecule has 1 aliphatic rings. The van der Waals surface area contributed by atoms with Crippen molar-refractivity contribution in [2.75, 3.05) is 49.6 Å². The van der Waals surface area contributed by atoms with Crippen molar-refractivity contribution in [3.05, 3.63) is 21.7 Å². The number of morpholine rings is 1. The first kappa shape index (κ1) is 17.2. The summed E-state index contributed by atoms with van der Waals surface area (Å²) >= 11 is 0. The minimum Gasteiger partial charge on any atom is -0.378 e. The first-order chi connectivity index (χ1) is 10.8. The van der Waals surface area contributed by atoms with E-state index in [9.17, 15) is 23.3 Å². The number of rotatable bonds is 5. The Labute approximate surface area is 129 Å². The number of pyridine rings is 1. The van der Waals surface area contributed by atoms with Crippen LogP contribution >= 0.6 is 0 Å². The van der Waals surface area contributed by atoms with Gasteiger partial charge in [0.1, 0.15) is 11.4 Å². The number of halogens is 3. The van der Waals surface area contributed by atoms with E-state index in [0.29, 0.717) is 32.4 Å². The highest BCUT2D eigenvalue weighted by Crippen LogP contribution is 2.41. The van der Waals surface area contributed by atoms with Crippen LogP contribution in [0.3, 0.4) is 0 Å². The molecule has 1 saturated heterocycles. The van der Waals surface area contributed by atoms with E-state index in [-0.39, 0.29) is 18.9 Å². The van der Waals surface area contributed by atoms with E-state index in [0.717, 1.165) is 0 Å². The summed E-state index contributed by atoms with van der Waals surface area (Å²) in [7, 11) is 0. The van der Waals surface area contributed by atoms with Crippen LogP contribution in [0.25, 0.3) is 0 Å². The lowest BCUT2D eigenvalue weighted by molar-refractivity contribution is -0.387. The molecule has 1 aromatic heterocycles. The Balaban J connectivity index is 2.54. The quantitative estimate of drug-likeness (QED) is 0.615. The zero-order chi connectivity index (χ0) is 17.0. The molecule has 0 atom stereocenters. The highest BCUT2D eigenvalue weighted by Gasteiger charge is 2.41. The first-order valence-electron chi connectivity index (χ1n) is 6.88. The number of anilines is 2. The maximum absolute atomic E-state index is 13.2. The number of hydrogen-bond acceptors (Lipinski definition) is 7. The van der Waals surface area contributed by atoms with E-state index in [1.54, 1.807) is 4.90 Å². The second kappa shape index (κ2) is 6.96. The second-order valence-electron chi connectivity index (χ2n) is 4.79. The second-order valence-corrected chi connectivity index (χ2v) is 4.79. The van der Waals surface area contributed by atoms with Gasteiger partial charge in [-0.15, -0.1) is 0 Å². The molecule has 0 unspecified atom stereocenters. The Hall–Kier alpha value is -2.14. The molecule has 1 aromatic rings. The Bertz CT molecular complexity index is 576. The number of nitro groups is 1. The van der Waals surface area contributed by atoms with Crippen molar-refractivity contribution in [2.24, 2.45) is 5.73 Å². The molecule has 1 aliphatic heterocycles. The summed E-state index contributed by atoms with van der Waals surface area (Å²) in [5.74, 6) is -0.414. The summed E-state index contributed by atoms with van der Waals surface area (Å²) < 4.78 is 44.8. The number of nitrogens with zero attached hydrogens (tertiary/aromatic N) is 3. The molecule has 0 aliphatic carbocycles. The summed E-state index contributed by atoms with van der Waals surface area (Å²) in [5.41, 5.74) is 2.87. The molecule has 8 nitrogen and oxygen atoms in total. The maximum Gasteiger partial charge on any atom is 0.423 e. The maximum atomic E-state index is 13.2. The van der Waals surface area contributed by atoms with Crippen LogP contribution in [-0.4, -0.2) is 49.3 Å². The zero-order valence-electron chi connectivity index (χ0n) is 12.1. The van der Waals surface area contributed by atoms with Crippen LogP contribution in [0, 0.1) is 10.1 Å². The molecule has 0 aromatic carbocycles. The van der Waals surface area contributed by atoms with Gasteiger partial charge in [-0.1, -0.05) is 0 Å². The molecule has 0 spiro atoms. The van der Waals surface area contributed by atoms with Crippen molar-refractivity contribution in [1.82, 2.24) is 4.98 Å². The van der Waals surface area contributed by atoms with E-state index >= 15 is 0 Å². The van der Waals surface area contributed by atoms with Crippen LogP contribution in [0.1, 0.15) is 5.56 Å². The third kappa shape index (κ3) is 3.99. The van der Waals surface area contributed by atoms with E-state index in [2.05, 4.69) is 10.3 Å². The summed E-state index contributed by atoms with van der Waals surface area (Å²) in [6, 6.07) is 0.705. The predicted molar refractivity (Wildman–Crippen MR) is 76.5 cm³/mol. The number of ether oxygens (including phenoxy) is 1. The van der Waals surface area contributed by atoms with E-state index in [1.165, 1.54) is 0 Å². The number of alkyl halides is 3. The third-order valence-corrected chi connectivity index (χ3v) is 3.24. The fraction of sp³-hybridized carbons (Fsp3) is 0.583.